The molecule has 0 spiro atoms. The second-order valence-electron chi connectivity index (χ2n) is 5.46. The molecule has 0 aliphatic rings. The molecule has 2 rings (SSSR count). The lowest BCUT2D eigenvalue weighted by atomic mass is 10.2. The van der Waals surface area contributed by atoms with Crippen LogP contribution >= 0.6 is 27.3 Å². The number of rotatable bonds is 6. The van der Waals surface area contributed by atoms with Crippen LogP contribution in [0.25, 0.3) is 10.2 Å². The van der Waals surface area contributed by atoms with Gasteiger partial charge in [0.2, 0.25) is 5.91 Å². The maximum absolute atomic E-state index is 12.0. The molecule has 1 atom stereocenters. The third-order valence-corrected chi connectivity index (χ3v) is 4.15. The first-order valence-corrected chi connectivity index (χ1v) is 8.47. The first-order valence-electron chi connectivity index (χ1n) is 6.86. The Morgan fingerprint density at radius 2 is 2.23 bits per heavy atom. The van der Waals surface area contributed by atoms with E-state index in [1.54, 1.807) is 21.0 Å². The number of methoxy groups -OCH3 is 1. The Kier molecular flexibility index (Phi) is 5.41. The normalized spacial score (nSPS) is 13.1. The van der Waals surface area contributed by atoms with Crippen LogP contribution in [0.4, 0.5) is 5.13 Å². The maximum Gasteiger partial charge on any atom is 0.242 e. The van der Waals surface area contributed by atoms with Gasteiger partial charge in [-0.15, -0.1) is 0 Å². The number of amides is 1. The van der Waals surface area contributed by atoms with Gasteiger partial charge in [0.1, 0.15) is 11.9 Å². The van der Waals surface area contributed by atoms with Gasteiger partial charge >= 0.3 is 0 Å². The Bertz CT molecular complexity index is 666. The summed E-state index contributed by atoms with van der Waals surface area (Å²) in [6, 6.07) is 5.68. The molecule has 0 fully saturated rings. The van der Waals surface area contributed by atoms with Crippen LogP contribution < -0.4 is 10.1 Å². The molecule has 0 aliphatic carbocycles. The Labute approximate surface area is 142 Å². The van der Waals surface area contributed by atoms with Gasteiger partial charge in [0, 0.05) is 7.11 Å². The quantitative estimate of drug-likeness (QED) is 0.766. The standard InChI is InChI=1S/C15H19BrN2O3S/c1-9(8-20-4)21-10-5-6-11-12(7-10)22-14(17-11)18-13(19)15(2,3)16/h5-7,9H,8H2,1-4H3,(H,17,18,19). The zero-order chi connectivity index (χ0) is 16.3. The first kappa shape index (κ1) is 17.2. The zero-order valence-corrected chi connectivity index (χ0v) is 15.4. The van der Waals surface area contributed by atoms with E-state index in [-0.39, 0.29) is 12.0 Å². The van der Waals surface area contributed by atoms with Crippen molar-refractivity contribution in [2.45, 2.75) is 31.2 Å². The van der Waals surface area contributed by atoms with Gasteiger partial charge in [-0.05, 0) is 39.0 Å². The van der Waals surface area contributed by atoms with Crippen LogP contribution in [-0.2, 0) is 9.53 Å². The van der Waals surface area contributed by atoms with Gasteiger partial charge in [-0.1, -0.05) is 27.3 Å². The smallest absolute Gasteiger partial charge is 0.242 e. The molecule has 0 aliphatic heterocycles. The number of halogens is 1. The number of alkyl halides is 1. The van der Waals surface area contributed by atoms with E-state index in [1.807, 2.05) is 25.1 Å². The number of thiazole rings is 1. The van der Waals surface area contributed by atoms with Crippen molar-refractivity contribution in [3.8, 4) is 5.75 Å². The van der Waals surface area contributed by atoms with Crippen molar-refractivity contribution in [3.63, 3.8) is 0 Å². The predicted octanol–water partition coefficient (Wildman–Crippen LogP) is 3.82. The minimum absolute atomic E-state index is 0.0243. The summed E-state index contributed by atoms with van der Waals surface area (Å²) < 4.78 is 11.2. The molecule has 0 radical (unpaired) electrons. The number of fused-ring (bicyclic) bond motifs is 1. The molecular weight excluding hydrogens is 368 g/mol. The molecule has 1 heterocycles. The van der Waals surface area contributed by atoms with E-state index in [9.17, 15) is 4.79 Å². The lowest BCUT2D eigenvalue weighted by molar-refractivity contribution is -0.117. The fourth-order valence-corrected chi connectivity index (χ4v) is 2.77. The number of nitrogens with zero attached hydrogens (tertiary/aromatic N) is 1. The fourth-order valence-electron chi connectivity index (χ4n) is 1.78. The fraction of sp³-hybridized carbons (Fsp3) is 0.467. The van der Waals surface area contributed by atoms with Gasteiger partial charge in [0.05, 0.1) is 21.1 Å². The van der Waals surface area contributed by atoms with Gasteiger partial charge in [0.15, 0.2) is 5.13 Å². The summed E-state index contributed by atoms with van der Waals surface area (Å²) in [6.07, 6.45) is -0.0243. The van der Waals surface area contributed by atoms with Crippen LogP contribution in [0.1, 0.15) is 20.8 Å². The summed E-state index contributed by atoms with van der Waals surface area (Å²) in [6.45, 7) is 6.06. The summed E-state index contributed by atoms with van der Waals surface area (Å²) >= 11 is 4.75. The molecule has 1 N–H and O–H groups in total. The van der Waals surface area contributed by atoms with Crippen molar-refractivity contribution < 1.29 is 14.3 Å². The zero-order valence-electron chi connectivity index (χ0n) is 13.0. The predicted molar refractivity (Wildman–Crippen MR) is 93.2 cm³/mol. The summed E-state index contributed by atoms with van der Waals surface area (Å²) in [7, 11) is 1.65. The molecule has 5 nitrogen and oxygen atoms in total. The van der Waals surface area contributed by atoms with Crippen LogP contribution in [0.2, 0.25) is 0 Å². The topological polar surface area (TPSA) is 60.5 Å². The van der Waals surface area contributed by atoms with Crippen LogP contribution in [0, 0.1) is 0 Å². The number of anilines is 1. The second-order valence-corrected chi connectivity index (χ2v) is 8.47. The SMILES string of the molecule is COCC(C)Oc1ccc2nc(NC(=O)C(C)(C)Br)sc2c1. The van der Waals surface area contributed by atoms with Crippen LogP contribution in [0.3, 0.4) is 0 Å². The number of benzene rings is 1. The number of carbonyl (C=O) groups excluding carboxylic acids is 1. The van der Waals surface area contributed by atoms with E-state index < -0.39 is 4.32 Å². The van der Waals surface area contributed by atoms with Gasteiger partial charge in [-0.25, -0.2) is 4.98 Å². The molecule has 1 amide bonds. The van der Waals surface area contributed by atoms with E-state index in [1.165, 1.54) is 11.3 Å². The van der Waals surface area contributed by atoms with Crippen molar-refractivity contribution in [3.05, 3.63) is 18.2 Å². The molecule has 0 saturated heterocycles. The third-order valence-electron chi connectivity index (χ3n) is 2.86. The number of hydrogen-bond donors (Lipinski definition) is 1. The highest BCUT2D eigenvalue weighted by Crippen LogP contribution is 2.30. The van der Waals surface area contributed by atoms with E-state index in [0.717, 1.165) is 16.0 Å². The molecular formula is C15H19BrN2O3S. The van der Waals surface area contributed by atoms with E-state index in [0.29, 0.717) is 11.7 Å². The number of nitrogens with one attached hydrogen (secondary N) is 1. The van der Waals surface area contributed by atoms with Gasteiger partial charge in [-0.2, -0.15) is 0 Å². The molecule has 1 unspecified atom stereocenters. The second kappa shape index (κ2) is 6.93. The van der Waals surface area contributed by atoms with Crippen molar-refractivity contribution in [2.75, 3.05) is 19.0 Å². The highest BCUT2D eigenvalue weighted by atomic mass is 79.9. The minimum atomic E-state index is -0.630. The molecule has 1 aromatic carbocycles. The van der Waals surface area contributed by atoms with Crippen molar-refractivity contribution in [1.82, 2.24) is 4.98 Å². The van der Waals surface area contributed by atoms with Crippen LogP contribution in [0.5, 0.6) is 5.75 Å². The van der Waals surface area contributed by atoms with E-state index in [4.69, 9.17) is 9.47 Å². The van der Waals surface area contributed by atoms with Crippen molar-refractivity contribution in [1.29, 1.82) is 0 Å². The number of hydrogen-bond acceptors (Lipinski definition) is 5. The average Bonchev–Trinajstić information content (AvgIpc) is 2.79. The average molecular weight is 387 g/mol. The summed E-state index contributed by atoms with van der Waals surface area (Å²) in [5.41, 5.74) is 0.833. The van der Waals surface area contributed by atoms with E-state index in [2.05, 4.69) is 26.2 Å². The molecule has 0 bridgehead atoms. The Morgan fingerprint density at radius 1 is 1.50 bits per heavy atom. The molecule has 2 aromatic rings. The number of aromatic nitrogens is 1. The largest absolute Gasteiger partial charge is 0.488 e. The van der Waals surface area contributed by atoms with Gasteiger partial charge < -0.3 is 14.8 Å². The van der Waals surface area contributed by atoms with Gasteiger partial charge in [0.25, 0.3) is 0 Å². The highest BCUT2D eigenvalue weighted by molar-refractivity contribution is 9.10. The minimum Gasteiger partial charge on any atom is -0.488 e. The van der Waals surface area contributed by atoms with E-state index >= 15 is 0 Å². The third kappa shape index (κ3) is 4.41. The molecule has 7 heteroatoms. The van der Waals surface area contributed by atoms with Crippen molar-refractivity contribution in [2.24, 2.45) is 0 Å². The Hall–Kier alpha value is -1.18. The van der Waals surface area contributed by atoms with Gasteiger partial charge in [-0.3, -0.25) is 4.79 Å². The monoisotopic (exact) mass is 386 g/mol. The summed E-state index contributed by atoms with van der Waals surface area (Å²) in [4.78, 5) is 16.4. The number of ether oxygens (including phenoxy) is 2. The maximum atomic E-state index is 12.0. The Morgan fingerprint density at radius 3 is 2.86 bits per heavy atom. The number of carbonyl (C=O) groups is 1. The molecule has 0 saturated carbocycles. The Balaban J connectivity index is 2.15. The lowest BCUT2D eigenvalue weighted by Gasteiger charge is -2.13. The van der Waals surface area contributed by atoms with Crippen LogP contribution in [0.15, 0.2) is 18.2 Å². The lowest BCUT2D eigenvalue weighted by Crippen LogP contribution is -2.30. The molecule has 120 valence electrons. The summed E-state index contributed by atoms with van der Waals surface area (Å²) in [5.74, 6) is 0.635. The first-order chi connectivity index (χ1) is 10.3. The highest BCUT2D eigenvalue weighted by Gasteiger charge is 2.24. The van der Waals surface area contributed by atoms with Crippen LogP contribution in [-0.4, -0.2) is 35.0 Å². The van der Waals surface area contributed by atoms with Crippen molar-refractivity contribution >= 4 is 48.5 Å². The summed E-state index contributed by atoms with van der Waals surface area (Å²) in [5, 5.41) is 3.39. The molecule has 1 aromatic heterocycles. The molecule has 22 heavy (non-hydrogen) atoms.